The first-order chi connectivity index (χ1) is 5.93. The summed E-state index contributed by atoms with van der Waals surface area (Å²) in [5, 5.41) is 2.90. The Morgan fingerprint density at radius 3 is 2.23 bits per heavy atom. The largest absolute Gasteiger partial charge is 0.355 e. The van der Waals surface area contributed by atoms with Crippen molar-refractivity contribution < 1.29 is 4.79 Å². The molecule has 3 heteroatoms. The number of alkyl halides is 1. The highest BCUT2D eigenvalue weighted by Crippen LogP contribution is 2.11. The van der Waals surface area contributed by atoms with Crippen molar-refractivity contribution in [1.29, 1.82) is 0 Å². The van der Waals surface area contributed by atoms with Crippen LogP contribution in [0.1, 0.15) is 34.1 Å². The quantitative estimate of drug-likeness (QED) is 0.746. The van der Waals surface area contributed by atoms with Crippen molar-refractivity contribution in [3.63, 3.8) is 0 Å². The van der Waals surface area contributed by atoms with Gasteiger partial charge in [0, 0.05) is 17.3 Å². The van der Waals surface area contributed by atoms with Crippen LogP contribution < -0.4 is 5.32 Å². The van der Waals surface area contributed by atoms with Gasteiger partial charge in [-0.2, -0.15) is 0 Å². The van der Waals surface area contributed by atoms with Crippen LogP contribution in [-0.2, 0) is 4.79 Å². The molecule has 0 bridgehead atoms. The predicted molar refractivity (Wildman–Crippen MR) is 60.0 cm³/mol. The lowest BCUT2D eigenvalue weighted by Crippen LogP contribution is -2.33. The number of carbonyl (C=O) groups excluding carboxylic acids is 1. The molecule has 0 aromatic heterocycles. The molecule has 13 heavy (non-hydrogen) atoms. The minimum absolute atomic E-state index is 0.0822. The van der Waals surface area contributed by atoms with Gasteiger partial charge in [0.1, 0.15) is 0 Å². The molecule has 0 aliphatic heterocycles. The van der Waals surface area contributed by atoms with E-state index in [1.165, 1.54) is 0 Å². The van der Waals surface area contributed by atoms with Crippen LogP contribution in [0.5, 0.6) is 0 Å². The molecule has 2 nitrogen and oxygen atoms in total. The van der Waals surface area contributed by atoms with Crippen LogP contribution in [0.2, 0.25) is 0 Å². The van der Waals surface area contributed by atoms with Gasteiger partial charge in [0.25, 0.3) is 0 Å². The third kappa shape index (κ3) is 7.05. The Bertz CT molecular complexity index is 157. The average Bonchev–Trinajstić information content (AvgIpc) is 1.98. The van der Waals surface area contributed by atoms with Crippen LogP contribution in [0, 0.1) is 11.8 Å². The van der Waals surface area contributed by atoms with E-state index in [-0.39, 0.29) is 11.8 Å². The molecule has 0 rings (SSSR count). The van der Waals surface area contributed by atoms with Crippen molar-refractivity contribution in [3.05, 3.63) is 0 Å². The van der Waals surface area contributed by atoms with Crippen molar-refractivity contribution in [2.24, 2.45) is 11.8 Å². The molecule has 78 valence electrons. The molecule has 0 aromatic carbocycles. The number of nitrogens with one attached hydrogen (secondary N) is 1. The van der Waals surface area contributed by atoms with Crippen LogP contribution in [0.4, 0.5) is 0 Å². The van der Waals surface area contributed by atoms with E-state index in [1.807, 2.05) is 13.8 Å². The highest BCUT2D eigenvalue weighted by Gasteiger charge is 2.10. The molecule has 1 amide bonds. The summed E-state index contributed by atoms with van der Waals surface area (Å²) >= 11 is 3.54. The van der Waals surface area contributed by atoms with E-state index < -0.39 is 0 Å². The molecule has 0 aliphatic rings. The van der Waals surface area contributed by atoms with Crippen molar-refractivity contribution >= 4 is 21.8 Å². The normalized spacial score (nSPS) is 13.5. The van der Waals surface area contributed by atoms with Crippen molar-refractivity contribution in [2.45, 2.75) is 38.9 Å². The van der Waals surface area contributed by atoms with Gasteiger partial charge in [-0.15, -0.1) is 0 Å². The van der Waals surface area contributed by atoms with Gasteiger partial charge in [0.2, 0.25) is 5.91 Å². The third-order valence-corrected chi connectivity index (χ3v) is 2.45. The maximum Gasteiger partial charge on any atom is 0.222 e. The molecule has 0 saturated heterocycles. The second-order valence-corrected chi connectivity index (χ2v) is 5.42. The molecule has 0 spiro atoms. The van der Waals surface area contributed by atoms with Gasteiger partial charge in [-0.1, -0.05) is 43.6 Å². The first-order valence-corrected chi connectivity index (χ1v) is 5.76. The smallest absolute Gasteiger partial charge is 0.222 e. The number of halogens is 1. The second kappa shape index (κ2) is 6.41. The maximum atomic E-state index is 11.2. The zero-order valence-corrected chi connectivity index (χ0v) is 10.5. The van der Waals surface area contributed by atoms with Gasteiger partial charge in [-0.3, -0.25) is 4.79 Å². The topological polar surface area (TPSA) is 29.1 Å². The van der Waals surface area contributed by atoms with E-state index in [9.17, 15) is 4.79 Å². The molecular formula is C10H20BrNO. The van der Waals surface area contributed by atoms with Gasteiger partial charge in [-0.25, -0.2) is 0 Å². The lowest BCUT2D eigenvalue weighted by Gasteiger charge is -2.14. The fourth-order valence-electron chi connectivity index (χ4n) is 1.01. The summed E-state index contributed by atoms with van der Waals surface area (Å²) in [5.74, 6) is 0.882. The molecule has 0 heterocycles. The standard InChI is InChI=1S/C10H20BrNO/c1-7(2)5-9(11)6-12-10(13)8(3)4/h7-9H,5-6H2,1-4H3,(H,12,13). The first-order valence-electron chi connectivity index (χ1n) is 4.85. The highest BCUT2D eigenvalue weighted by atomic mass is 79.9. The van der Waals surface area contributed by atoms with E-state index in [1.54, 1.807) is 0 Å². The van der Waals surface area contributed by atoms with Crippen molar-refractivity contribution in [1.82, 2.24) is 5.32 Å². The number of amides is 1. The summed E-state index contributed by atoms with van der Waals surface area (Å²) in [6.45, 7) is 8.90. The first kappa shape index (κ1) is 12.9. The lowest BCUT2D eigenvalue weighted by atomic mass is 10.1. The summed E-state index contributed by atoms with van der Waals surface area (Å²) in [4.78, 5) is 11.6. The zero-order chi connectivity index (χ0) is 10.4. The van der Waals surface area contributed by atoms with E-state index in [0.717, 1.165) is 13.0 Å². The van der Waals surface area contributed by atoms with E-state index in [2.05, 4.69) is 35.1 Å². The lowest BCUT2D eigenvalue weighted by molar-refractivity contribution is -0.123. The monoisotopic (exact) mass is 249 g/mol. The molecule has 0 fully saturated rings. The van der Waals surface area contributed by atoms with Gasteiger partial charge in [-0.05, 0) is 12.3 Å². The maximum absolute atomic E-state index is 11.2. The Hall–Kier alpha value is -0.0500. The Morgan fingerprint density at radius 2 is 1.85 bits per heavy atom. The minimum atomic E-state index is 0.0822. The highest BCUT2D eigenvalue weighted by molar-refractivity contribution is 9.09. The number of carbonyl (C=O) groups is 1. The van der Waals surface area contributed by atoms with Crippen molar-refractivity contribution in [3.8, 4) is 0 Å². The minimum Gasteiger partial charge on any atom is -0.355 e. The van der Waals surface area contributed by atoms with Crippen LogP contribution >= 0.6 is 15.9 Å². The molecular weight excluding hydrogens is 230 g/mol. The van der Waals surface area contributed by atoms with Gasteiger partial charge >= 0.3 is 0 Å². The molecule has 0 aliphatic carbocycles. The van der Waals surface area contributed by atoms with Crippen molar-refractivity contribution in [2.75, 3.05) is 6.54 Å². The molecule has 1 N–H and O–H groups in total. The Labute approximate surface area is 89.6 Å². The number of hydrogen-bond acceptors (Lipinski definition) is 1. The average molecular weight is 250 g/mol. The zero-order valence-electron chi connectivity index (χ0n) is 8.93. The number of hydrogen-bond donors (Lipinski definition) is 1. The van der Waals surface area contributed by atoms with E-state index in [4.69, 9.17) is 0 Å². The summed E-state index contributed by atoms with van der Waals surface area (Å²) in [5.41, 5.74) is 0. The molecule has 0 aromatic rings. The molecule has 0 radical (unpaired) electrons. The van der Waals surface area contributed by atoms with Gasteiger partial charge in [0.15, 0.2) is 0 Å². The third-order valence-electron chi connectivity index (χ3n) is 1.75. The number of rotatable bonds is 5. The Morgan fingerprint density at radius 1 is 1.31 bits per heavy atom. The van der Waals surface area contributed by atoms with Gasteiger partial charge in [0.05, 0.1) is 0 Å². The fourth-order valence-corrected chi connectivity index (χ4v) is 1.92. The molecule has 1 atom stereocenters. The van der Waals surface area contributed by atoms with Crippen LogP contribution in [0.25, 0.3) is 0 Å². The van der Waals surface area contributed by atoms with E-state index >= 15 is 0 Å². The second-order valence-electron chi connectivity index (χ2n) is 4.13. The Kier molecular flexibility index (Phi) is 6.39. The summed E-state index contributed by atoms with van der Waals surface area (Å²) in [6, 6.07) is 0. The van der Waals surface area contributed by atoms with Crippen LogP contribution in [0.15, 0.2) is 0 Å². The Balaban J connectivity index is 3.58. The molecule has 1 unspecified atom stereocenters. The summed E-state index contributed by atoms with van der Waals surface area (Å²) in [7, 11) is 0. The van der Waals surface area contributed by atoms with Crippen LogP contribution in [0.3, 0.4) is 0 Å². The van der Waals surface area contributed by atoms with E-state index in [0.29, 0.717) is 10.7 Å². The van der Waals surface area contributed by atoms with Gasteiger partial charge < -0.3 is 5.32 Å². The predicted octanol–water partition coefficient (Wildman–Crippen LogP) is 2.57. The molecule has 0 saturated carbocycles. The fraction of sp³-hybridized carbons (Fsp3) is 0.900. The van der Waals surface area contributed by atoms with Crippen LogP contribution in [-0.4, -0.2) is 17.3 Å². The summed E-state index contributed by atoms with van der Waals surface area (Å²) < 4.78 is 0. The summed E-state index contributed by atoms with van der Waals surface area (Å²) in [6.07, 6.45) is 1.10. The SMILES string of the molecule is CC(C)CC(Br)CNC(=O)C(C)C.